The SMILES string of the molecule is CC(C)c1ccc(NC(=O)NC2CC2)cc1. The second kappa shape index (κ2) is 4.56. The molecule has 2 N–H and O–H groups in total. The van der Waals surface area contributed by atoms with Crippen LogP contribution in [0.3, 0.4) is 0 Å². The van der Waals surface area contributed by atoms with E-state index in [0.717, 1.165) is 18.5 Å². The van der Waals surface area contributed by atoms with Gasteiger partial charge in [-0.1, -0.05) is 26.0 Å². The third-order valence-electron chi connectivity index (χ3n) is 2.75. The fourth-order valence-electron chi connectivity index (χ4n) is 1.53. The Labute approximate surface area is 96.2 Å². The molecule has 0 heterocycles. The van der Waals surface area contributed by atoms with E-state index in [4.69, 9.17) is 0 Å². The van der Waals surface area contributed by atoms with Crippen LogP contribution < -0.4 is 10.6 Å². The lowest BCUT2D eigenvalue weighted by Crippen LogP contribution is -2.30. The second-order valence-corrected chi connectivity index (χ2v) is 4.65. The highest BCUT2D eigenvalue weighted by molar-refractivity contribution is 5.89. The molecule has 0 saturated heterocycles. The first-order chi connectivity index (χ1) is 7.65. The van der Waals surface area contributed by atoms with Crippen molar-refractivity contribution in [1.29, 1.82) is 0 Å². The van der Waals surface area contributed by atoms with Crippen molar-refractivity contribution in [2.45, 2.75) is 38.6 Å². The first-order valence-corrected chi connectivity index (χ1v) is 5.82. The normalized spacial score (nSPS) is 14.9. The summed E-state index contributed by atoms with van der Waals surface area (Å²) in [6.45, 7) is 4.31. The smallest absolute Gasteiger partial charge is 0.319 e. The van der Waals surface area contributed by atoms with Gasteiger partial charge in [-0.2, -0.15) is 0 Å². The average molecular weight is 218 g/mol. The number of hydrogen-bond acceptors (Lipinski definition) is 1. The minimum atomic E-state index is -0.0974. The fourth-order valence-corrected chi connectivity index (χ4v) is 1.53. The van der Waals surface area contributed by atoms with Gasteiger partial charge in [0, 0.05) is 11.7 Å². The number of rotatable bonds is 3. The van der Waals surface area contributed by atoms with E-state index in [2.05, 4.69) is 36.6 Å². The van der Waals surface area contributed by atoms with E-state index in [1.165, 1.54) is 5.56 Å². The van der Waals surface area contributed by atoms with Crippen LogP contribution in [0.1, 0.15) is 38.2 Å². The quantitative estimate of drug-likeness (QED) is 0.804. The molecule has 3 nitrogen and oxygen atoms in total. The molecule has 1 aliphatic rings. The molecular formula is C13H18N2O. The minimum Gasteiger partial charge on any atom is -0.335 e. The maximum Gasteiger partial charge on any atom is 0.319 e. The molecule has 0 spiro atoms. The molecule has 1 aromatic rings. The molecule has 2 amide bonds. The Bertz CT molecular complexity index is 366. The van der Waals surface area contributed by atoms with Crippen LogP contribution >= 0.6 is 0 Å². The number of anilines is 1. The maximum absolute atomic E-state index is 11.5. The van der Waals surface area contributed by atoms with Crippen molar-refractivity contribution < 1.29 is 4.79 Å². The lowest BCUT2D eigenvalue weighted by atomic mass is 10.0. The van der Waals surface area contributed by atoms with Gasteiger partial charge in [-0.25, -0.2) is 4.79 Å². The van der Waals surface area contributed by atoms with Crippen LogP contribution in [-0.2, 0) is 0 Å². The van der Waals surface area contributed by atoms with Gasteiger partial charge in [0.25, 0.3) is 0 Å². The van der Waals surface area contributed by atoms with Crippen molar-refractivity contribution >= 4 is 11.7 Å². The van der Waals surface area contributed by atoms with Crippen LogP contribution in [0.15, 0.2) is 24.3 Å². The van der Waals surface area contributed by atoms with Crippen molar-refractivity contribution in [3.05, 3.63) is 29.8 Å². The molecular weight excluding hydrogens is 200 g/mol. The Morgan fingerprint density at radius 3 is 2.38 bits per heavy atom. The van der Waals surface area contributed by atoms with E-state index >= 15 is 0 Å². The third kappa shape index (κ3) is 2.99. The lowest BCUT2D eigenvalue weighted by molar-refractivity contribution is 0.251. The van der Waals surface area contributed by atoms with Crippen LogP contribution in [0.5, 0.6) is 0 Å². The third-order valence-corrected chi connectivity index (χ3v) is 2.75. The highest BCUT2D eigenvalue weighted by Crippen LogP contribution is 2.19. The minimum absolute atomic E-state index is 0.0974. The van der Waals surface area contributed by atoms with E-state index in [9.17, 15) is 4.79 Å². The van der Waals surface area contributed by atoms with E-state index in [0.29, 0.717) is 12.0 Å². The number of carbonyl (C=O) groups excluding carboxylic acids is 1. The first kappa shape index (κ1) is 11.0. The van der Waals surface area contributed by atoms with E-state index in [1.54, 1.807) is 0 Å². The van der Waals surface area contributed by atoms with Crippen molar-refractivity contribution in [2.75, 3.05) is 5.32 Å². The zero-order valence-electron chi connectivity index (χ0n) is 9.79. The molecule has 86 valence electrons. The zero-order chi connectivity index (χ0) is 11.5. The summed E-state index contributed by atoms with van der Waals surface area (Å²) in [6.07, 6.45) is 2.22. The van der Waals surface area contributed by atoms with Gasteiger partial charge in [0.05, 0.1) is 0 Å². The van der Waals surface area contributed by atoms with Crippen LogP contribution in [0.25, 0.3) is 0 Å². The number of urea groups is 1. The summed E-state index contributed by atoms with van der Waals surface area (Å²) in [5, 5.41) is 5.72. The van der Waals surface area contributed by atoms with E-state index in [1.807, 2.05) is 12.1 Å². The summed E-state index contributed by atoms with van der Waals surface area (Å²) in [5.74, 6) is 0.523. The number of hydrogen-bond donors (Lipinski definition) is 2. The van der Waals surface area contributed by atoms with Crippen LogP contribution in [0.2, 0.25) is 0 Å². The lowest BCUT2D eigenvalue weighted by Gasteiger charge is -2.09. The predicted octanol–water partition coefficient (Wildman–Crippen LogP) is 3.09. The Hall–Kier alpha value is -1.51. The molecule has 1 aromatic carbocycles. The summed E-state index contributed by atoms with van der Waals surface area (Å²) >= 11 is 0. The van der Waals surface area contributed by atoms with E-state index in [-0.39, 0.29) is 6.03 Å². The van der Waals surface area contributed by atoms with Gasteiger partial charge >= 0.3 is 6.03 Å². The molecule has 3 heteroatoms. The van der Waals surface area contributed by atoms with Gasteiger partial charge in [-0.3, -0.25) is 0 Å². The summed E-state index contributed by atoms with van der Waals surface area (Å²) in [4.78, 5) is 11.5. The summed E-state index contributed by atoms with van der Waals surface area (Å²) in [5.41, 5.74) is 2.13. The molecule has 2 rings (SSSR count). The van der Waals surface area contributed by atoms with Crippen LogP contribution in [0, 0.1) is 0 Å². The molecule has 1 fully saturated rings. The van der Waals surface area contributed by atoms with Crippen molar-refractivity contribution in [2.24, 2.45) is 0 Å². The van der Waals surface area contributed by atoms with Gasteiger partial charge in [-0.15, -0.1) is 0 Å². The molecule has 1 saturated carbocycles. The Morgan fingerprint density at radius 1 is 1.25 bits per heavy atom. The number of nitrogens with one attached hydrogen (secondary N) is 2. The standard InChI is InChI=1S/C13H18N2O/c1-9(2)10-3-5-11(6-4-10)14-13(16)15-12-7-8-12/h3-6,9,12H,7-8H2,1-2H3,(H2,14,15,16). The van der Waals surface area contributed by atoms with Gasteiger partial charge in [0.2, 0.25) is 0 Å². The van der Waals surface area contributed by atoms with Gasteiger partial charge in [0.15, 0.2) is 0 Å². The van der Waals surface area contributed by atoms with Gasteiger partial charge in [0.1, 0.15) is 0 Å². The zero-order valence-corrected chi connectivity index (χ0v) is 9.79. The first-order valence-electron chi connectivity index (χ1n) is 5.82. The maximum atomic E-state index is 11.5. The molecule has 0 unspecified atom stereocenters. The largest absolute Gasteiger partial charge is 0.335 e. The molecule has 0 bridgehead atoms. The number of amides is 2. The van der Waals surface area contributed by atoms with Crippen molar-refractivity contribution in [3.8, 4) is 0 Å². The van der Waals surface area contributed by atoms with Crippen molar-refractivity contribution in [1.82, 2.24) is 5.32 Å². The topological polar surface area (TPSA) is 41.1 Å². The van der Waals surface area contributed by atoms with Crippen molar-refractivity contribution in [3.63, 3.8) is 0 Å². The van der Waals surface area contributed by atoms with Gasteiger partial charge < -0.3 is 10.6 Å². The van der Waals surface area contributed by atoms with Gasteiger partial charge in [-0.05, 0) is 36.5 Å². The molecule has 0 radical (unpaired) electrons. The summed E-state index contributed by atoms with van der Waals surface area (Å²) in [6, 6.07) is 8.30. The summed E-state index contributed by atoms with van der Waals surface area (Å²) < 4.78 is 0. The van der Waals surface area contributed by atoms with Crippen LogP contribution in [-0.4, -0.2) is 12.1 Å². The highest BCUT2D eigenvalue weighted by atomic mass is 16.2. The predicted molar refractivity (Wildman–Crippen MR) is 65.7 cm³/mol. The second-order valence-electron chi connectivity index (χ2n) is 4.65. The average Bonchev–Trinajstić information content (AvgIpc) is 3.02. The Morgan fingerprint density at radius 2 is 1.88 bits per heavy atom. The summed E-state index contributed by atoms with van der Waals surface area (Å²) in [7, 11) is 0. The number of benzene rings is 1. The fraction of sp³-hybridized carbons (Fsp3) is 0.462. The molecule has 1 aliphatic carbocycles. The Kier molecular flexibility index (Phi) is 3.13. The molecule has 0 aromatic heterocycles. The monoisotopic (exact) mass is 218 g/mol. The molecule has 0 atom stereocenters. The Balaban J connectivity index is 1.90. The van der Waals surface area contributed by atoms with Crippen LogP contribution in [0.4, 0.5) is 10.5 Å². The molecule has 0 aliphatic heterocycles. The van der Waals surface area contributed by atoms with E-state index < -0.39 is 0 Å². The highest BCUT2D eigenvalue weighted by Gasteiger charge is 2.23. The number of carbonyl (C=O) groups is 1. The molecule has 16 heavy (non-hydrogen) atoms.